The molecule has 1 N–H and O–H groups in total. The van der Waals surface area contributed by atoms with Crippen LogP contribution in [0.25, 0.3) is 21.6 Å². The van der Waals surface area contributed by atoms with Crippen molar-refractivity contribution in [3.05, 3.63) is 69.4 Å². The van der Waals surface area contributed by atoms with Gasteiger partial charge >= 0.3 is 0 Å². The molecule has 0 saturated heterocycles. The number of hydrogen-bond acceptors (Lipinski definition) is 6. The third-order valence-electron chi connectivity index (χ3n) is 4.64. The Kier molecular flexibility index (Phi) is 5.61. The number of anilines is 1. The SMILES string of the molecule is CCc1nc2c(-c3ccccn3)nsc2c(=O)n1CC(=O)Nc1ccc(C)c(Cl)c1. The minimum Gasteiger partial charge on any atom is -0.324 e. The molecule has 0 radical (unpaired) electrons. The summed E-state index contributed by atoms with van der Waals surface area (Å²) in [6.45, 7) is 3.63. The number of halogens is 1. The molecule has 0 atom stereocenters. The molecule has 0 unspecified atom stereocenters. The van der Waals surface area contributed by atoms with Crippen LogP contribution in [-0.2, 0) is 17.8 Å². The molecule has 0 spiro atoms. The first-order chi connectivity index (χ1) is 14.5. The Morgan fingerprint density at radius 1 is 1.27 bits per heavy atom. The van der Waals surface area contributed by atoms with Crippen molar-refractivity contribution < 1.29 is 4.79 Å². The van der Waals surface area contributed by atoms with Crippen LogP contribution in [0.2, 0.25) is 5.02 Å². The number of nitrogens with zero attached hydrogens (tertiary/aromatic N) is 4. The number of aryl methyl sites for hydroxylation is 2. The van der Waals surface area contributed by atoms with Crippen molar-refractivity contribution in [1.82, 2.24) is 18.9 Å². The molecule has 0 aliphatic rings. The molecule has 3 aromatic heterocycles. The van der Waals surface area contributed by atoms with Crippen molar-refractivity contribution >= 4 is 44.9 Å². The fourth-order valence-corrected chi connectivity index (χ4v) is 4.04. The number of pyridine rings is 1. The van der Waals surface area contributed by atoms with E-state index in [1.807, 2.05) is 38.1 Å². The van der Waals surface area contributed by atoms with E-state index in [9.17, 15) is 9.59 Å². The lowest BCUT2D eigenvalue weighted by Crippen LogP contribution is -2.30. The number of carbonyl (C=O) groups excluding carboxylic acids is 1. The molecule has 7 nitrogen and oxygen atoms in total. The van der Waals surface area contributed by atoms with Gasteiger partial charge in [0.2, 0.25) is 5.91 Å². The molecule has 0 bridgehead atoms. The van der Waals surface area contributed by atoms with E-state index in [2.05, 4.69) is 19.7 Å². The number of benzene rings is 1. The number of aromatic nitrogens is 4. The van der Waals surface area contributed by atoms with Gasteiger partial charge in [-0.05, 0) is 48.3 Å². The summed E-state index contributed by atoms with van der Waals surface area (Å²) in [6.07, 6.45) is 2.16. The average molecular weight is 440 g/mol. The van der Waals surface area contributed by atoms with Gasteiger partial charge in [-0.2, -0.15) is 4.37 Å². The maximum Gasteiger partial charge on any atom is 0.273 e. The Balaban J connectivity index is 1.69. The minimum atomic E-state index is -0.331. The van der Waals surface area contributed by atoms with Crippen LogP contribution >= 0.6 is 23.1 Å². The Labute approximate surface area is 181 Å². The first-order valence-electron chi connectivity index (χ1n) is 9.34. The molecule has 9 heteroatoms. The van der Waals surface area contributed by atoms with Crippen molar-refractivity contribution in [2.45, 2.75) is 26.8 Å². The normalized spacial score (nSPS) is 11.0. The molecule has 3 heterocycles. The lowest BCUT2D eigenvalue weighted by atomic mass is 10.2. The van der Waals surface area contributed by atoms with E-state index in [0.717, 1.165) is 17.1 Å². The molecule has 4 aromatic rings. The Hall–Kier alpha value is -3.10. The fourth-order valence-electron chi connectivity index (χ4n) is 3.08. The lowest BCUT2D eigenvalue weighted by Gasteiger charge is -2.12. The molecule has 30 heavy (non-hydrogen) atoms. The maximum atomic E-state index is 13.1. The first-order valence-corrected chi connectivity index (χ1v) is 10.5. The highest BCUT2D eigenvalue weighted by molar-refractivity contribution is 7.13. The van der Waals surface area contributed by atoms with Gasteiger partial charge in [0, 0.05) is 23.3 Å². The van der Waals surface area contributed by atoms with Gasteiger partial charge in [-0.15, -0.1) is 0 Å². The number of fused-ring (bicyclic) bond motifs is 1. The summed E-state index contributed by atoms with van der Waals surface area (Å²) in [7, 11) is 0. The zero-order valence-corrected chi connectivity index (χ0v) is 17.9. The van der Waals surface area contributed by atoms with Crippen LogP contribution in [-0.4, -0.2) is 24.8 Å². The van der Waals surface area contributed by atoms with Gasteiger partial charge in [0.05, 0.1) is 5.69 Å². The van der Waals surface area contributed by atoms with E-state index < -0.39 is 0 Å². The summed E-state index contributed by atoms with van der Waals surface area (Å²) < 4.78 is 6.19. The highest BCUT2D eigenvalue weighted by Gasteiger charge is 2.19. The molecule has 1 aromatic carbocycles. The topological polar surface area (TPSA) is 89.8 Å². The monoisotopic (exact) mass is 439 g/mol. The third-order valence-corrected chi connectivity index (χ3v) is 5.87. The smallest absolute Gasteiger partial charge is 0.273 e. The molecular weight excluding hydrogens is 422 g/mol. The summed E-state index contributed by atoms with van der Waals surface area (Å²) in [4.78, 5) is 34.7. The average Bonchev–Trinajstić information content (AvgIpc) is 3.17. The second kappa shape index (κ2) is 8.33. The van der Waals surface area contributed by atoms with E-state index in [0.29, 0.717) is 44.6 Å². The van der Waals surface area contributed by atoms with E-state index in [4.69, 9.17) is 11.6 Å². The molecule has 0 aliphatic carbocycles. The van der Waals surface area contributed by atoms with Gasteiger partial charge in [0.15, 0.2) is 0 Å². The molecule has 0 fully saturated rings. The number of nitrogens with one attached hydrogen (secondary N) is 1. The van der Waals surface area contributed by atoms with Crippen LogP contribution in [0.1, 0.15) is 18.3 Å². The van der Waals surface area contributed by atoms with Gasteiger partial charge in [0.1, 0.15) is 28.3 Å². The summed E-state index contributed by atoms with van der Waals surface area (Å²) in [6, 6.07) is 10.8. The molecule has 0 saturated carbocycles. The van der Waals surface area contributed by atoms with Gasteiger partial charge in [-0.25, -0.2) is 4.98 Å². The van der Waals surface area contributed by atoms with Crippen LogP contribution < -0.4 is 10.9 Å². The number of hydrogen-bond donors (Lipinski definition) is 1. The van der Waals surface area contributed by atoms with Crippen LogP contribution in [0.4, 0.5) is 5.69 Å². The fraction of sp³-hybridized carbons (Fsp3) is 0.190. The first kappa shape index (κ1) is 20.2. The largest absolute Gasteiger partial charge is 0.324 e. The zero-order chi connectivity index (χ0) is 21.3. The van der Waals surface area contributed by atoms with Gasteiger partial charge in [-0.1, -0.05) is 30.7 Å². The van der Waals surface area contributed by atoms with Crippen molar-refractivity contribution in [2.24, 2.45) is 0 Å². The second-order valence-electron chi connectivity index (χ2n) is 6.71. The predicted molar refractivity (Wildman–Crippen MR) is 119 cm³/mol. The predicted octanol–water partition coefficient (Wildman–Crippen LogP) is 4.08. The quantitative estimate of drug-likeness (QED) is 0.506. The highest BCUT2D eigenvalue weighted by atomic mass is 35.5. The van der Waals surface area contributed by atoms with Crippen molar-refractivity contribution in [1.29, 1.82) is 0 Å². The molecule has 0 aliphatic heterocycles. The standard InChI is InChI=1S/C21H18ClN5O2S/c1-3-16-25-19-18(15-6-4-5-9-23-15)26-30-20(19)21(29)27(16)11-17(28)24-13-8-7-12(2)14(22)10-13/h4-10H,3,11H2,1-2H3,(H,24,28). The lowest BCUT2D eigenvalue weighted by molar-refractivity contribution is -0.116. The minimum absolute atomic E-state index is 0.146. The third kappa shape index (κ3) is 3.83. The maximum absolute atomic E-state index is 13.1. The molecule has 1 amide bonds. The van der Waals surface area contributed by atoms with Crippen molar-refractivity contribution in [2.75, 3.05) is 5.32 Å². The van der Waals surface area contributed by atoms with Gasteiger partial charge in [-0.3, -0.25) is 19.1 Å². The van der Waals surface area contributed by atoms with E-state index >= 15 is 0 Å². The number of carbonyl (C=O) groups is 1. The van der Waals surface area contributed by atoms with E-state index in [1.165, 1.54) is 4.57 Å². The molecular formula is C21H18ClN5O2S. The highest BCUT2D eigenvalue weighted by Crippen LogP contribution is 2.26. The number of rotatable bonds is 5. The van der Waals surface area contributed by atoms with Crippen molar-refractivity contribution in [3.63, 3.8) is 0 Å². The molecule has 4 rings (SSSR count). The van der Waals surface area contributed by atoms with Gasteiger partial charge < -0.3 is 5.32 Å². The van der Waals surface area contributed by atoms with Crippen LogP contribution in [0.15, 0.2) is 47.4 Å². The summed E-state index contributed by atoms with van der Waals surface area (Å²) in [5.41, 5.74) is 2.96. The molecule has 152 valence electrons. The second-order valence-corrected chi connectivity index (χ2v) is 7.89. The van der Waals surface area contributed by atoms with Crippen molar-refractivity contribution in [3.8, 4) is 11.4 Å². The summed E-state index contributed by atoms with van der Waals surface area (Å²) in [5, 5.41) is 3.35. The van der Waals surface area contributed by atoms with E-state index in [-0.39, 0.29) is 18.0 Å². The Morgan fingerprint density at radius 2 is 2.10 bits per heavy atom. The van der Waals surface area contributed by atoms with Crippen LogP contribution in [0.5, 0.6) is 0 Å². The van der Waals surface area contributed by atoms with Crippen LogP contribution in [0, 0.1) is 6.92 Å². The Morgan fingerprint density at radius 3 is 2.80 bits per heavy atom. The summed E-state index contributed by atoms with van der Waals surface area (Å²) >= 11 is 7.19. The van der Waals surface area contributed by atoms with Gasteiger partial charge in [0.25, 0.3) is 5.56 Å². The van der Waals surface area contributed by atoms with Crippen LogP contribution in [0.3, 0.4) is 0 Å². The summed E-state index contributed by atoms with van der Waals surface area (Å²) in [5.74, 6) is 0.185. The number of amides is 1. The van der Waals surface area contributed by atoms with E-state index in [1.54, 1.807) is 18.3 Å². The zero-order valence-electron chi connectivity index (χ0n) is 16.3. The Bertz CT molecular complexity index is 1300.